The van der Waals surface area contributed by atoms with Crippen molar-refractivity contribution >= 4 is 34.8 Å². The fraction of sp³-hybridized carbons (Fsp3) is 0.318. The topological polar surface area (TPSA) is 70.7 Å². The molecule has 0 heterocycles. The lowest BCUT2D eigenvalue weighted by atomic mass is 10.1. The van der Waals surface area contributed by atoms with Crippen LogP contribution in [0.2, 0.25) is 0 Å². The van der Waals surface area contributed by atoms with Crippen molar-refractivity contribution in [2.24, 2.45) is 0 Å². The zero-order valence-electron chi connectivity index (χ0n) is 17.0. The normalized spacial score (nSPS) is 10.2. The summed E-state index contributed by atoms with van der Waals surface area (Å²) in [7, 11) is 0. The van der Waals surface area contributed by atoms with E-state index in [1.54, 1.807) is 53.4 Å². The lowest BCUT2D eigenvalue weighted by molar-refractivity contribution is 0.0772. The number of anilines is 1. The summed E-state index contributed by atoms with van der Waals surface area (Å²) in [6, 6.07) is 14.0. The molecule has 2 rings (SSSR count). The van der Waals surface area contributed by atoms with Gasteiger partial charge >= 0.3 is 0 Å². The Kier molecular flexibility index (Phi) is 8.61. The zero-order chi connectivity index (χ0) is 21.2. The monoisotopic (exact) mass is 413 g/mol. The summed E-state index contributed by atoms with van der Waals surface area (Å²) in [5, 5.41) is 5.77. The Labute approximate surface area is 177 Å². The van der Waals surface area contributed by atoms with Gasteiger partial charge in [0.1, 0.15) is 5.75 Å². The first-order valence-corrected chi connectivity index (χ1v) is 10.1. The SMILES string of the molecule is CCCOc1cccc(C(=O)NC(=S)Nc2cccc(C(=O)N(CC)CC)c2)c1. The van der Waals surface area contributed by atoms with Gasteiger partial charge in [0, 0.05) is 29.9 Å². The molecule has 7 heteroatoms. The molecule has 2 aromatic rings. The van der Waals surface area contributed by atoms with Gasteiger partial charge in [-0.1, -0.05) is 19.1 Å². The number of rotatable bonds is 8. The van der Waals surface area contributed by atoms with Crippen molar-refractivity contribution in [3.8, 4) is 5.75 Å². The summed E-state index contributed by atoms with van der Waals surface area (Å²) in [4.78, 5) is 26.7. The second-order valence-electron chi connectivity index (χ2n) is 6.34. The maximum Gasteiger partial charge on any atom is 0.257 e. The molecule has 0 aliphatic heterocycles. The summed E-state index contributed by atoms with van der Waals surface area (Å²) < 4.78 is 5.56. The third-order valence-electron chi connectivity index (χ3n) is 4.21. The average Bonchev–Trinajstić information content (AvgIpc) is 2.73. The second-order valence-corrected chi connectivity index (χ2v) is 6.75. The minimum Gasteiger partial charge on any atom is -0.494 e. The van der Waals surface area contributed by atoms with Gasteiger partial charge in [-0.05, 0) is 68.9 Å². The highest BCUT2D eigenvalue weighted by Gasteiger charge is 2.13. The van der Waals surface area contributed by atoms with E-state index in [0.29, 0.717) is 42.3 Å². The summed E-state index contributed by atoms with van der Waals surface area (Å²) >= 11 is 5.25. The number of hydrogen-bond acceptors (Lipinski definition) is 4. The number of benzene rings is 2. The second kappa shape index (κ2) is 11.2. The van der Waals surface area contributed by atoms with E-state index in [0.717, 1.165) is 6.42 Å². The third-order valence-corrected chi connectivity index (χ3v) is 4.42. The van der Waals surface area contributed by atoms with Crippen molar-refractivity contribution < 1.29 is 14.3 Å². The summed E-state index contributed by atoms with van der Waals surface area (Å²) in [5.74, 6) is 0.262. The van der Waals surface area contributed by atoms with Crippen LogP contribution in [0.3, 0.4) is 0 Å². The van der Waals surface area contributed by atoms with Gasteiger partial charge in [-0.25, -0.2) is 0 Å². The van der Waals surface area contributed by atoms with Crippen molar-refractivity contribution in [2.75, 3.05) is 25.0 Å². The molecule has 0 aromatic heterocycles. The van der Waals surface area contributed by atoms with E-state index in [1.807, 2.05) is 20.8 Å². The Morgan fingerprint density at radius 2 is 1.69 bits per heavy atom. The molecule has 154 valence electrons. The Balaban J connectivity index is 2.01. The number of ether oxygens (including phenoxy) is 1. The van der Waals surface area contributed by atoms with Crippen LogP contribution in [-0.4, -0.2) is 41.5 Å². The number of nitrogens with zero attached hydrogens (tertiary/aromatic N) is 1. The molecule has 0 radical (unpaired) electrons. The predicted molar refractivity (Wildman–Crippen MR) is 120 cm³/mol. The van der Waals surface area contributed by atoms with Crippen LogP contribution in [0.4, 0.5) is 5.69 Å². The minimum absolute atomic E-state index is 0.0440. The Morgan fingerprint density at radius 3 is 2.38 bits per heavy atom. The van der Waals surface area contributed by atoms with E-state index < -0.39 is 0 Å². The number of carbonyl (C=O) groups excluding carboxylic acids is 2. The fourth-order valence-corrected chi connectivity index (χ4v) is 2.92. The average molecular weight is 414 g/mol. The first-order valence-electron chi connectivity index (χ1n) is 9.73. The van der Waals surface area contributed by atoms with Crippen LogP contribution in [0.5, 0.6) is 5.75 Å². The fourth-order valence-electron chi connectivity index (χ4n) is 2.71. The van der Waals surface area contributed by atoms with E-state index in [1.165, 1.54) is 0 Å². The van der Waals surface area contributed by atoms with Gasteiger partial charge in [0.15, 0.2) is 5.11 Å². The van der Waals surface area contributed by atoms with Crippen LogP contribution in [0.25, 0.3) is 0 Å². The lowest BCUT2D eigenvalue weighted by Crippen LogP contribution is -2.34. The van der Waals surface area contributed by atoms with Gasteiger partial charge in [0.2, 0.25) is 0 Å². The third kappa shape index (κ3) is 6.57. The van der Waals surface area contributed by atoms with E-state index in [2.05, 4.69) is 10.6 Å². The van der Waals surface area contributed by atoms with E-state index in [9.17, 15) is 9.59 Å². The molecule has 0 unspecified atom stereocenters. The lowest BCUT2D eigenvalue weighted by Gasteiger charge is -2.19. The largest absolute Gasteiger partial charge is 0.494 e. The smallest absolute Gasteiger partial charge is 0.257 e. The van der Waals surface area contributed by atoms with Crippen LogP contribution in [0.1, 0.15) is 47.9 Å². The van der Waals surface area contributed by atoms with Crippen LogP contribution in [0.15, 0.2) is 48.5 Å². The molecule has 0 saturated carbocycles. The molecule has 0 atom stereocenters. The van der Waals surface area contributed by atoms with Gasteiger partial charge in [0.25, 0.3) is 11.8 Å². The van der Waals surface area contributed by atoms with Crippen LogP contribution < -0.4 is 15.4 Å². The van der Waals surface area contributed by atoms with Crippen molar-refractivity contribution in [2.45, 2.75) is 27.2 Å². The number of amides is 2. The van der Waals surface area contributed by atoms with Gasteiger partial charge < -0.3 is 15.0 Å². The first kappa shape index (κ1) is 22.4. The number of hydrogen-bond donors (Lipinski definition) is 2. The molecule has 6 nitrogen and oxygen atoms in total. The molecule has 0 saturated heterocycles. The molecular formula is C22H27N3O3S. The van der Waals surface area contributed by atoms with Gasteiger partial charge in [-0.2, -0.15) is 0 Å². The highest BCUT2D eigenvalue weighted by molar-refractivity contribution is 7.80. The summed E-state index contributed by atoms with van der Waals surface area (Å²) in [6.07, 6.45) is 0.889. The van der Waals surface area contributed by atoms with Gasteiger partial charge in [0.05, 0.1) is 6.61 Å². The molecule has 0 aliphatic rings. The van der Waals surface area contributed by atoms with E-state index in [4.69, 9.17) is 17.0 Å². The van der Waals surface area contributed by atoms with Crippen LogP contribution >= 0.6 is 12.2 Å². The standard InChI is InChI=1S/C22H27N3O3S/c1-4-13-28-19-12-8-9-16(15-19)20(26)24-22(29)23-18-11-7-10-17(14-18)21(27)25(5-2)6-3/h7-12,14-15H,4-6,13H2,1-3H3,(H2,23,24,26,29). The maximum atomic E-state index is 12.5. The van der Waals surface area contributed by atoms with E-state index in [-0.39, 0.29) is 16.9 Å². The number of nitrogens with one attached hydrogen (secondary N) is 2. The molecular weight excluding hydrogens is 386 g/mol. The van der Waals surface area contributed by atoms with Crippen molar-refractivity contribution in [3.05, 3.63) is 59.7 Å². The Hall–Kier alpha value is -2.93. The van der Waals surface area contributed by atoms with Crippen LogP contribution in [-0.2, 0) is 0 Å². The Morgan fingerprint density at radius 1 is 1.00 bits per heavy atom. The quantitative estimate of drug-likeness (QED) is 0.638. The Bertz CT molecular complexity index is 866. The van der Waals surface area contributed by atoms with E-state index >= 15 is 0 Å². The highest BCUT2D eigenvalue weighted by Crippen LogP contribution is 2.15. The molecule has 0 spiro atoms. The molecule has 2 N–H and O–H groups in total. The maximum absolute atomic E-state index is 12.5. The number of thiocarbonyl (C=S) groups is 1. The molecule has 29 heavy (non-hydrogen) atoms. The molecule has 0 bridgehead atoms. The predicted octanol–water partition coefficient (Wildman–Crippen LogP) is 4.08. The summed E-state index contributed by atoms with van der Waals surface area (Å²) in [6.45, 7) is 7.77. The molecule has 2 aromatic carbocycles. The van der Waals surface area contributed by atoms with Crippen molar-refractivity contribution in [3.63, 3.8) is 0 Å². The number of carbonyl (C=O) groups is 2. The van der Waals surface area contributed by atoms with Crippen molar-refractivity contribution in [1.82, 2.24) is 10.2 Å². The summed E-state index contributed by atoms with van der Waals surface area (Å²) in [5.41, 5.74) is 1.65. The first-order chi connectivity index (χ1) is 14.0. The zero-order valence-corrected chi connectivity index (χ0v) is 17.8. The molecule has 0 fully saturated rings. The van der Waals surface area contributed by atoms with Crippen LogP contribution in [0, 0.1) is 0 Å². The minimum atomic E-state index is -0.333. The van der Waals surface area contributed by atoms with Crippen molar-refractivity contribution in [1.29, 1.82) is 0 Å². The highest BCUT2D eigenvalue weighted by atomic mass is 32.1. The molecule has 2 amide bonds. The van der Waals surface area contributed by atoms with Gasteiger partial charge in [-0.15, -0.1) is 0 Å². The molecule has 0 aliphatic carbocycles. The van der Waals surface area contributed by atoms with Gasteiger partial charge in [-0.3, -0.25) is 14.9 Å².